The molecular weight excluding hydrogens is 426 g/mol. The molecule has 4 rings (SSSR count). The average molecular weight is 454 g/mol. The number of hydrogen-bond donors (Lipinski definition) is 3. The lowest BCUT2D eigenvalue weighted by atomic mass is 10.0. The van der Waals surface area contributed by atoms with Crippen molar-refractivity contribution in [2.45, 2.75) is 32.6 Å². The summed E-state index contributed by atoms with van der Waals surface area (Å²) in [5.74, 6) is 0.570. The Hall–Kier alpha value is -3.26. The number of ether oxygens (including phenoxy) is 1. The van der Waals surface area contributed by atoms with Crippen molar-refractivity contribution in [1.29, 1.82) is 0 Å². The van der Waals surface area contributed by atoms with Crippen LogP contribution in [0.15, 0.2) is 48.7 Å². The smallest absolute Gasteiger partial charge is 0.281 e. The SMILES string of the molecule is CC(C)c1ccc(OCCCc2c(C(=O)NS(C)(=O)=O)[nH]c3ccccc23)c2cc[nH]c12. The van der Waals surface area contributed by atoms with Crippen LogP contribution in [0.2, 0.25) is 0 Å². The Kier molecular flexibility index (Phi) is 5.97. The fourth-order valence-corrected chi connectivity index (χ4v) is 4.50. The number of aromatic nitrogens is 2. The molecule has 32 heavy (non-hydrogen) atoms. The maximum absolute atomic E-state index is 12.6. The summed E-state index contributed by atoms with van der Waals surface area (Å²) in [6.07, 6.45) is 4.12. The number of para-hydroxylation sites is 1. The Bertz CT molecular complexity index is 1380. The molecule has 2 aromatic carbocycles. The highest BCUT2D eigenvalue weighted by molar-refractivity contribution is 7.89. The Morgan fingerprint density at radius 2 is 1.88 bits per heavy atom. The Morgan fingerprint density at radius 1 is 1.09 bits per heavy atom. The summed E-state index contributed by atoms with van der Waals surface area (Å²) in [6.45, 7) is 4.79. The van der Waals surface area contributed by atoms with Gasteiger partial charge in [0, 0.05) is 22.5 Å². The fraction of sp³-hybridized carbons (Fsp3) is 0.292. The summed E-state index contributed by atoms with van der Waals surface area (Å²) in [6, 6.07) is 13.7. The number of amides is 1. The number of aromatic amines is 2. The zero-order valence-corrected chi connectivity index (χ0v) is 19.2. The lowest BCUT2D eigenvalue weighted by Gasteiger charge is -2.12. The molecule has 0 aliphatic heterocycles. The van der Waals surface area contributed by atoms with E-state index in [1.807, 2.05) is 42.6 Å². The van der Waals surface area contributed by atoms with Gasteiger partial charge in [-0.15, -0.1) is 0 Å². The summed E-state index contributed by atoms with van der Waals surface area (Å²) in [7, 11) is -3.66. The number of rotatable bonds is 8. The maximum atomic E-state index is 12.6. The van der Waals surface area contributed by atoms with Crippen LogP contribution < -0.4 is 9.46 Å². The van der Waals surface area contributed by atoms with E-state index in [-0.39, 0.29) is 5.69 Å². The van der Waals surface area contributed by atoms with E-state index in [1.54, 1.807) is 0 Å². The van der Waals surface area contributed by atoms with E-state index in [0.717, 1.165) is 39.4 Å². The summed E-state index contributed by atoms with van der Waals surface area (Å²) in [5, 5.41) is 1.96. The van der Waals surface area contributed by atoms with Crippen LogP contribution in [-0.2, 0) is 16.4 Å². The molecule has 0 atom stereocenters. The van der Waals surface area contributed by atoms with Gasteiger partial charge in [-0.05, 0) is 48.1 Å². The van der Waals surface area contributed by atoms with Gasteiger partial charge >= 0.3 is 0 Å². The largest absolute Gasteiger partial charge is 0.493 e. The highest BCUT2D eigenvalue weighted by atomic mass is 32.2. The van der Waals surface area contributed by atoms with Crippen LogP contribution >= 0.6 is 0 Å². The van der Waals surface area contributed by atoms with Crippen molar-refractivity contribution in [3.05, 3.63) is 65.5 Å². The maximum Gasteiger partial charge on any atom is 0.281 e. The second kappa shape index (κ2) is 8.70. The van der Waals surface area contributed by atoms with E-state index < -0.39 is 15.9 Å². The number of carbonyl (C=O) groups excluding carboxylic acids is 1. The topological polar surface area (TPSA) is 104 Å². The molecule has 0 fully saturated rings. The van der Waals surface area contributed by atoms with Crippen LogP contribution in [-0.4, -0.2) is 37.2 Å². The van der Waals surface area contributed by atoms with E-state index in [1.165, 1.54) is 5.56 Å². The van der Waals surface area contributed by atoms with Crippen molar-refractivity contribution >= 4 is 37.7 Å². The van der Waals surface area contributed by atoms with Gasteiger partial charge in [0.05, 0.1) is 18.4 Å². The highest BCUT2D eigenvalue weighted by Crippen LogP contribution is 2.32. The fourth-order valence-electron chi connectivity index (χ4n) is 4.06. The van der Waals surface area contributed by atoms with Gasteiger partial charge in [-0.25, -0.2) is 13.1 Å². The van der Waals surface area contributed by atoms with Crippen LogP contribution in [0.25, 0.3) is 21.8 Å². The molecule has 1 amide bonds. The van der Waals surface area contributed by atoms with Gasteiger partial charge in [0.2, 0.25) is 10.0 Å². The Balaban J connectivity index is 1.51. The average Bonchev–Trinajstić information content (AvgIpc) is 3.35. The normalized spacial score (nSPS) is 12.0. The number of fused-ring (bicyclic) bond motifs is 2. The number of H-pyrrole nitrogens is 2. The number of aryl methyl sites for hydroxylation is 1. The molecule has 0 saturated carbocycles. The van der Waals surface area contributed by atoms with E-state index in [4.69, 9.17) is 4.74 Å². The number of nitrogens with one attached hydrogen (secondary N) is 3. The van der Waals surface area contributed by atoms with Crippen LogP contribution in [0.3, 0.4) is 0 Å². The van der Waals surface area contributed by atoms with Gasteiger partial charge in [-0.3, -0.25) is 4.79 Å². The third-order valence-electron chi connectivity index (χ3n) is 5.48. The quantitative estimate of drug-likeness (QED) is 0.342. The number of benzene rings is 2. The zero-order valence-electron chi connectivity index (χ0n) is 18.4. The minimum Gasteiger partial charge on any atom is -0.493 e. The molecule has 2 aromatic heterocycles. The minimum absolute atomic E-state index is 0.269. The van der Waals surface area contributed by atoms with Crippen molar-refractivity contribution in [3.8, 4) is 5.75 Å². The van der Waals surface area contributed by atoms with Crippen molar-refractivity contribution in [3.63, 3.8) is 0 Å². The lowest BCUT2D eigenvalue weighted by Crippen LogP contribution is -2.30. The molecule has 0 aliphatic rings. The lowest BCUT2D eigenvalue weighted by molar-refractivity contribution is 0.0976. The molecule has 0 aliphatic carbocycles. The second-order valence-electron chi connectivity index (χ2n) is 8.25. The predicted octanol–water partition coefficient (Wildman–Crippen LogP) is 4.47. The molecule has 4 aromatic rings. The van der Waals surface area contributed by atoms with Gasteiger partial charge in [0.25, 0.3) is 5.91 Å². The first kappa shape index (κ1) is 22.0. The van der Waals surface area contributed by atoms with E-state index in [2.05, 4.69) is 34.6 Å². The molecule has 8 heteroatoms. The van der Waals surface area contributed by atoms with Crippen molar-refractivity contribution in [2.75, 3.05) is 12.9 Å². The van der Waals surface area contributed by atoms with Gasteiger partial charge < -0.3 is 14.7 Å². The summed E-state index contributed by atoms with van der Waals surface area (Å²) in [5.41, 5.74) is 4.19. The molecule has 0 radical (unpaired) electrons. The molecule has 0 saturated heterocycles. The van der Waals surface area contributed by atoms with Crippen molar-refractivity contribution in [2.24, 2.45) is 0 Å². The zero-order chi connectivity index (χ0) is 22.9. The first-order valence-corrected chi connectivity index (χ1v) is 12.5. The van der Waals surface area contributed by atoms with E-state index in [0.29, 0.717) is 25.4 Å². The molecule has 0 spiro atoms. The molecule has 168 valence electrons. The molecular formula is C24H27N3O4S. The third-order valence-corrected chi connectivity index (χ3v) is 6.04. The van der Waals surface area contributed by atoms with E-state index >= 15 is 0 Å². The monoisotopic (exact) mass is 453 g/mol. The molecule has 7 nitrogen and oxygen atoms in total. The van der Waals surface area contributed by atoms with Crippen molar-refractivity contribution in [1.82, 2.24) is 14.7 Å². The molecule has 0 bridgehead atoms. The first-order chi connectivity index (χ1) is 15.2. The van der Waals surface area contributed by atoms with Crippen LogP contribution in [0.5, 0.6) is 5.75 Å². The molecule has 3 N–H and O–H groups in total. The summed E-state index contributed by atoms with van der Waals surface area (Å²) < 4.78 is 31.2. The number of sulfonamides is 1. The standard InChI is InChI=1S/C24H27N3O4S/c1-15(2)16-10-11-21(19-12-13-25-22(16)19)31-14-6-8-18-17-7-4-5-9-20(17)26-23(18)24(28)27-32(3,29)30/h4-5,7,9-13,15,25-26H,6,8,14H2,1-3H3,(H,27,28). The summed E-state index contributed by atoms with van der Waals surface area (Å²) >= 11 is 0. The van der Waals surface area contributed by atoms with Gasteiger partial charge in [-0.2, -0.15) is 0 Å². The minimum atomic E-state index is -3.66. The van der Waals surface area contributed by atoms with Gasteiger partial charge in [-0.1, -0.05) is 38.1 Å². The van der Waals surface area contributed by atoms with Crippen LogP contribution in [0.1, 0.15) is 47.8 Å². The predicted molar refractivity (Wildman–Crippen MR) is 127 cm³/mol. The highest BCUT2D eigenvalue weighted by Gasteiger charge is 2.20. The number of carbonyl (C=O) groups is 1. The van der Waals surface area contributed by atoms with Gasteiger partial charge in [0.15, 0.2) is 0 Å². The molecule has 0 unspecified atom stereocenters. The first-order valence-electron chi connectivity index (χ1n) is 10.6. The van der Waals surface area contributed by atoms with Gasteiger partial charge in [0.1, 0.15) is 11.4 Å². The Morgan fingerprint density at radius 3 is 2.62 bits per heavy atom. The molecule has 2 heterocycles. The van der Waals surface area contributed by atoms with Crippen LogP contribution in [0, 0.1) is 0 Å². The van der Waals surface area contributed by atoms with E-state index in [9.17, 15) is 13.2 Å². The van der Waals surface area contributed by atoms with Crippen LogP contribution in [0.4, 0.5) is 0 Å². The third kappa shape index (κ3) is 4.50. The number of hydrogen-bond acceptors (Lipinski definition) is 4. The second-order valence-corrected chi connectivity index (χ2v) is 10.0. The Labute approximate surface area is 187 Å². The summed E-state index contributed by atoms with van der Waals surface area (Å²) in [4.78, 5) is 18.9. The van der Waals surface area contributed by atoms with Crippen molar-refractivity contribution < 1.29 is 17.9 Å².